The first kappa shape index (κ1) is 13.4. The third-order valence-electron chi connectivity index (χ3n) is 3.82. The number of H-pyrrole nitrogens is 1. The van der Waals surface area contributed by atoms with Crippen LogP contribution in [0.1, 0.15) is 24.1 Å². The summed E-state index contributed by atoms with van der Waals surface area (Å²) in [4.78, 5) is 19.4. The minimum absolute atomic E-state index is 0.138. The number of nitrogens with zero attached hydrogens (tertiary/aromatic N) is 1. The summed E-state index contributed by atoms with van der Waals surface area (Å²) in [6, 6.07) is 8.05. The highest BCUT2D eigenvalue weighted by Crippen LogP contribution is 2.48. The Kier molecular flexibility index (Phi) is 3.61. The van der Waals surface area contributed by atoms with Gasteiger partial charge in [-0.25, -0.2) is 4.98 Å². The second-order valence-electron chi connectivity index (χ2n) is 5.17. The van der Waals surface area contributed by atoms with Crippen LogP contribution < -0.4 is 5.32 Å². The lowest BCUT2D eigenvalue weighted by Gasteiger charge is -2.15. The number of aromatic nitrogens is 2. The number of carbonyl (C=O) groups is 1. The van der Waals surface area contributed by atoms with Gasteiger partial charge in [0.25, 0.3) is 0 Å². The molecule has 0 aliphatic heterocycles. The monoisotopic (exact) mass is 333 g/mol. The van der Waals surface area contributed by atoms with Crippen molar-refractivity contribution >= 4 is 21.8 Å². The number of nitrogens with one attached hydrogen (secondary N) is 2. The van der Waals surface area contributed by atoms with E-state index in [-0.39, 0.29) is 11.3 Å². The van der Waals surface area contributed by atoms with Crippen LogP contribution in [0.2, 0.25) is 0 Å². The van der Waals surface area contributed by atoms with E-state index < -0.39 is 0 Å². The van der Waals surface area contributed by atoms with Crippen molar-refractivity contribution in [1.29, 1.82) is 0 Å². The van der Waals surface area contributed by atoms with Crippen LogP contribution in [0.4, 0.5) is 0 Å². The van der Waals surface area contributed by atoms with E-state index in [1.54, 1.807) is 12.5 Å². The predicted molar refractivity (Wildman–Crippen MR) is 80.4 cm³/mol. The second kappa shape index (κ2) is 5.40. The summed E-state index contributed by atoms with van der Waals surface area (Å²) in [6.45, 7) is 0.638. The number of halogens is 1. The Labute approximate surface area is 126 Å². The minimum Gasteiger partial charge on any atom is -0.355 e. The van der Waals surface area contributed by atoms with Crippen LogP contribution in [-0.4, -0.2) is 22.4 Å². The van der Waals surface area contributed by atoms with Gasteiger partial charge in [-0.3, -0.25) is 4.79 Å². The van der Waals surface area contributed by atoms with Gasteiger partial charge in [-0.15, -0.1) is 0 Å². The lowest BCUT2D eigenvalue weighted by Crippen LogP contribution is -2.35. The number of aromatic amines is 1. The summed E-state index contributed by atoms with van der Waals surface area (Å²) in [5.74, 6) is 0.138. The third-order valence-corrected chi connectivity index (χ3v) is 4.34. The fraction of sp³-hybridized carbons (Fsp3) is 0.333. The van der Waals surface area contributed by atoms with Crippen LogP contribution in [0.5, 0.6) is 0 Å². The normalized spacial score (nSPS) is 15.8. The average molecular weight is 334 g/mol. The summed E-state index contributed by atoms with van der Waals surface area (Å²) >= 11 is 3.42. The Morgan fingerprint density at radius 1 is 1.35 bits per heavy atom. The molecule has 1 aromatic heterocycles. The first-order valence-electron chi connectivity index (χ1n) is 6.72. The molecule has 1 fully saturated rings. The molecule has 0 spiro atoms. The molecule has 2 aromatic rings. The molecule has 0 unspecified atom stereocenters. The van der Waals surface area contributed by atoms with Gasteiger partial charge >= 0.3 is 0 Å². The topological polar surface area (TPSA) is 57.8 Å². The molecule has 1 aliphatic rings. The molecule has 0 radical (unpaired) electrons. The molecule has 3 rings (SSSR count). The summed E-state index contributed by atoms with van der Waals surface area (Å²) in [5.41, 5.74) is 1.85. The maximum absolute atomic E-state index is 12.4. The van der Waals surface area contributed by atoms with Crippen molar-refractivity contribution in [1.82, 2.24) is 15.3 Å². The zero-order valence-electron chi connectivity index (χ0n) is 11.0. The fourth-order valence-electron chi connectivity index (χ4n) is 2.44. The second-order valence-corrected chi connectivity index (χ2v) is 6.09. The maximum atomic E-state index is 12.4. The summed E-state index contributed by atoms with van der Waals surface area (Å²) in [7, 11) is 0. The third kappa shape index (κ3) is 2.63. The largest absolute Gasteiger partial charge is 0.355 e. The SMILES string of the molecule is O=C(NCCc1cnc[nH]1)C1(c2ccc(Br)cc2)CC1. The van der Waals surface area contributed by atoms with E-state index in [1.807, 2.05) is 24.3 Å². The van der Waals surface area contributed by atoms with Crippen molar-refractivity contribution in [3.63, 3.8) is 0 Å². The first-order chi connectivity index (χ1) is 9.71. The Morgan fingerprint density at radius 2 is 2.10 bits per heavy atom. The van der Waals surface area contributed by atoms with Crippen molar-refractivity contribution in [3.05, 3.63) is 52.5 Å². The first-order valence-corrected chi connectivity index (χ1v) is 7.52. The standard InChI is InChI=1S/C15H16BrN3O/c16-12-3-1-11(2-4-12)15(6-7-15)14(20)18-8-5-13-9-17-10-19-13/h1-4,9-10H,5-8H2,(H,17,19)(H,18,20). The molecule has 104 valence electrons. The van der Waals surface area contributed by atoms with E-state index in [4.69, 9.17) is 0 Å². The van der Waals surface area contributed by atoms with Gasteiger partial charge in [-0.1, -0.05) is 28.1 Å². The van der Waals surface area contributed by atoms with Crippen molar-refractivity contribution in [2.75, 3.05) is 6.54 Å². The van der Waals surface area contributed by atoms with Crippen LogP contribution in [0.3, 0.4) is 0 Å². The molecule has 20 heavy (non-hydrogen) atoms. The van der Waals surface area contributed by atoms with E-state index in [1.165, 1.54) is 0 Å². The molecule has 0 saturated heterocycles. The quantitative estimate of drug-likeness (QED) is 0.883. The highest BCUT2D eigenvalue weighted by molar-refractivity contribution is 9.10. The number of hydrogen-bond acceptors (Lipinski definition) is 2. The number of carbonyl (C=O) groups excluding carboxylic acids is 1. The van der Waals surface area contributed by atoms with E-state index in [2.05, 4.69) is 31.2 Å². The van der Waals surface area contributed by atoms with E-state index in [0.717, 1.165) is 35.0 Å². The van der Waals surface area contributed by atoms with Crippen LogP contribution in [0.15, 0.2) is 41.3 Å². The molecule has 5 heteroatoms. The Bertz CT molecular complexity index is 588. The number of rotatable bonds is 5. The van der Waals surface area contributed by atoms with Gasteiger partial charge in [0.2, 0.25) is 5.91 Å². The molecule has 1 aliphatic carbocycles. The maximum Gasteiger partial charge on any atom is 0.230 e. The van der Waals surface area contributed by atoms with Gasteiger partial charge in [0.15, 0.2) is 0 Å². The van der Waals surface area contributed by atoms with Crippen LogP contribution >= 0.6 is 15.9 Å². The Balaban J connectivity index is 1.60. The molecule has 4 nitrogen and oxygen atoms in total. The number of hydrogen-bond donors (Lipinski definition) is 2. The van der Waals surface area contributed by atoms with Gasteiger partial charge in [0.05, 0.1) is 11.7 Å². The highest BCUT2D eigenvalue weighted by atomic mass is 79.9. The van der Waals surface area contributed by atoms with Crippen LogP contribution in [-0.2, 0) is 16.6 Å². The van der Waals surface area contributed by atoms with Crippen molar-refractivity contribution in [2.24, 2.45) is 0 Å². The molecule has 1 heterocycles. The number of benzene rings is 1. The summed E-state index contributed by atoms with van der Waals surface area (Å²) in [6.07, 6.45) is 6.09. The number of amides is 1. The molecule has 0 bridgehead atoms. The molecule has 2 N–H and O–H groups in total. The summed E-state index contributed by atoms with van der Waals surface area (Å²) < 4.78 is 1.04. The molecule has 1 saturated carbocycles. The van der Waals surface area contributed by atoms with Crippen molar-refractivity contribution < 1.29 is 4.79 Å². The average Bonchev–Trinajstić information content (AvgIpc) is 3.10. The molecular formula is C15H16BrN3O. The van der Waals surface area contributed by atoms with E-state index >= 15 is 0 Å². The van der Waals surface area contributed by atoms with Crippen LogP contribution in [0.25, 0.3) is 0 Å². The molecule has 1 aromatic carbocycles. The van der Waals surface area contributed by atoms with Gasteiger partial charge in [0, 0.05) is 29.3 Å². The van der Waals surface area contributed by atoms with Crippen molar-refractivity contribution in [3.8, 4) is 0 Å². The zero-order valence-corrected chi connectivity index (χ0v) is 12.6. The van der Waals surface area contributed by atoms with Gasteiger partial charge in [-0.2, -0.15) is 0 Å². The Morgan fingerprint density at radius 3 is 2.70 bits per heavy atom. The number of imidazole rings is 1. The predicted octanol–water partition coefficient (Wildman–Crippen LogP) is 2.56. The minimum atomic E-state index is -0.297. The van der Waals surface area contributed by atoms with E-state index in [9.17, 15) is 4.79 Å². The highest BCUT2D eigenvalue weighted by Gasteiger charge is 2.50. The Hall–Kier alpha value is -1.62. The molecule has 0 atom stereocenters. The fourth-order valence-corrected chi connectivity index (χ4v) is 2.71. The van der Waals surface area contributed by atoms with Gasteiger partial charge in [0.1, 0.15) is 0 Å². The van der Waals surface area contributed by atoms with Crippen molar-refractivity contribution in [2.45, 2.75) is 24.7 Å². The zero-order chi connectivity index (χ0) is 14.0. The lowest BCUT2D eigenvalue weighted by atomic mass is 9.95. The summed E-state index contributed by atoms with van der Waals surface area (Å²) in [5, 5.41) is 3.04. The van der Waals surface area contributed by atoms with Gasteiger partial charge < -0.3 is 10.3 Å². The molecule has 1 amide bonds. The van der Waals surface area contributed by atoms with Gasteiger partial charge in [-0.05, 0) is 30.5 Å². The lowest BCUT2D eigenvalue weighted by molar-refractivity contribution is -0.123. The van der Waals surface area contributed by atoms with Crippen LogP contribution in [0, 0.1) is 0 Å². The molecular weight excluding hydrogens is 318 g/mol. The van der Waals surface area contributed by atoms with E-state index in [0.29, 0.717) is 6.54 Å². The smallest absolute Gasteiger partial charge is 0.230 e.